The number of carbonyl (C=O) groups excluding carboxylic acids is 1. The van der Waals surface area contributed by atoms with Crippen LogP contribution in [-0.4, -0.2) is 23.5 Å². The lowest BCUT2D eigenvalue weighted by Gasteiger charge is -2.04. The van der Waals surface area contributed by atoms with Gasteiger partial charge in [-0.15, -0.1) is 0 Å². The lowest BCUT2D eigenvalue weighted by atomic mass is 10.2. The molecule has 3 N–H and O–H groups in total. The van der Waals surface area contributed by atoms with E-state index in [0.717, 1.165) is 4.47 Å². The Morgan fingerprint density at radius 2 is 2.00 bits per heavy atom. The monoisotopic (exact) mass is 337 g/mol. The number of halogens is 1. The average Bonchev–Trinajstić information content (AvgIpc) is 2.41. The van der Waals surface area contributed by atoms with Crippen LogP contribution in [0.5, 0.6) is 0 Å². The number of carbonyl (C=O) groups is 2. The maximum absolute atomic E-state index is 11.8. The van der Waals surface area contributed by atoms with Crippen molar-refractivity contribution >= 4 is 33.5 Å². The van der Waals surface area contributed by atoms with Gasteiger partial charge in [-0.2, -0.15) is 5.26 Å². The number of benzene rings is 1. The van der Waals surface area contributed by atoms with Gasteiger partial charge >= 0.3 is 5.97 Å². The summed E-state index contributed by atoms with van der Waals surface area (Å²) in [6.07, 6.45) is 1.11. The molecule has 0 atom stereocenters. The molecule has 0 aromatic heterocycles. The van der Waals surface area contributed by atoms with Gasteiger partial charge in [-0.25, -0.2) is 0 Å². The molecule has 1 aromatic carbocycles. The van der Waals surface area contributed by atoms with E-state index in [1.165, 1.54) is 6.20 Å². The second-order valence-electron chi connectivity index (χ2n) is 3.73. The number of amides is 1. The molecule has 0 aliphatic rings. The normalized spacial score (nSPS) is 10.5. The van der Waals surface area contributed by atoms with E-state index in [9.17, 15) is 9.59 Å². The highest BCUT2D eigenvalue weighted by atomic mass is 79.9. The summed E-state index contributed by atoms with van der Waals surface area (Å²) in [6.45, 7) is 0.145. The molecule has 0 aliphatic heterocycles. The van der Waals surface area contributed by atoms with Crippen LogP contribution >= 0.6 is 15.9 Å². The first-order chi connectivity index (χ1) is 9.52. The molecule has 6 nitrogen and oxygen atoms in total. The van der Waals surface area contributed by atoms with Gasteiger partial charge in [0.05, 0.1) is 6.42 Å². The largest absolute Gasteiger partial charge is 0.481 e. The number of nitriles is 1. The number of anilines is 1. The Bertz CT molecular complexity index is 561. The third-order valence-corrected chi connectivity index (χ3v) is 2.73. The predicted octanol–water partition coefficient (Wildman–Crippen LogP) is 1.86. The zero-order chi connectivity index (χ0) is 15.0. The number of hydrogen-bond acceptors (Lipinski definition) is 4. The van der Waals surface area contributed by atoms with Gasteiger partial charge in [-0.3, -0.25) is 9.59 Å². The first kappa shape index (κ1) is 15.7. The Balaban J connectivity index is 2.58. The van der Waals surface area contributed by atoms with Crippen molar-refractivity contribution in [1.82, 2.24) is 5.32 Å². The highest BCUT2D eigenvalue weighted by Crippen LogP contribution is 2.14. The molecular weight excluding hydrogens is 326 g/mol. The molecule has 1 aromatic rings. The highest BCUT2D eigenvalue weighted by Gasteiger charge is 2.09. The molecule has 0 bridgehead atoms. The summed E-state index contributed by atoms with van der Waals surface area (Å²) in [4.78, 5) is 22.1. The second-order valence-corrected chi connectivity index (χ2v) is 4.64. The van der Waals surface area contributed by atoms with Crippen molar-refractivity contribution in [3.05, 3.63) is 40.5 Å². The lowest BCUT2D eigenvalue weighted by Crippen LogP contribution is -2.18. The van der Waals surface area contributed by atoms with E-state index < -0.39 is 11.9 Å². The minimum Gasteiger partial charge on any atom is -0.481 e. The maximum Gasteiger partial charge on any atom is 0.305 e. The number of carboxylic acid groups (broad SMARTS) is 1. The summed E-state index contributed by atoms with van der Waals surface area (Å²) in [7, 11) is 0. The van der Waals surface area contributed by atoms with Crippen molar-refractivity contribution in [2.75, 3.05) is 11.9 Å². The van der Waals surface area contributed by atoms with Crippen LogP contribution in [0.1, 0.15) is 6.42 Å². The fourth-order valence-corrected chi connectivity index (χ4v) is 1.50. The van der Waals surface area contributed by atoms with Crippen LogP contribution in [0.2, 0.25) is 0 Å². The highest BCUT2D eigenvalue weighted by molar-refractivity contribution is 9.10. The number of carboxylic acids is 1. The molecule has 1 amide bonds. The molecule has 0 saturated heterocycles. The first-order valence-corrected chi connectivity index (χ1v) is 6.44. The van der Waals surface area contributed by atoms with Crippen molar-refractivity contribution in [2.45, 2.75) is 6.42 Å². The summed E-state index contributed by atoms with van der Waals surface area (Å²) in [5.74, 6) is -1.51. The Morgan fingerprint density at radius 3 is 2.55 bits per heavy atom. The van der Waals surface area contributed by atoms with Crippen LogP contribution in [0.25, 0.3) is 0 Å². The number of rotatable bonds is 6. The van der Waals surface area contributed by atoms with Crippen molar-refractivity contribution in [1.29, 1.82) is 5.26 Å². The van der Waals surface area contributed by atoms with E-state index in [-0.39, 0.29) is 18.5 Å². The topological polar surface area (TPSA) is 102 Å². The molecule has 1 rings (SSSR count). The molecule has 0 saturated carbocycles. The molecule has 0 radical (unpaired) electrons. The van der Waals surface area contributed by atoms with Crippen LogP contribution < -0.4 is 10.6 Å². The molecule has 7 heteroatoms. The van der Waals surface area contributed by atoms with Gasteiger partial charge in [0.2, 0.25) is 0 Å². The van der Waals surface area contributed by atoms with Crippen LogP contribution in [-0.2, 0) is 9.59 Å². The summed E-state index contributed by atoms with van der Waals surface area (Å²) in [6, 6.07) is 8.65. The zero-order valence-electron chi connectivity index (χ0n) is 10.4. The minimum atomic E-state index is -0.955. The number of aliphatic carboxylic acids is 1. The SMILES string of the molecule is N#C/C(=C/NCCC(=O)O)C(=O)Nc1ccc(Br)cc1. The Kier molecular flexibility index (Phi) is 6.26. The summed E-state index contributed by atoms with van der Waals surface area (Å²) in [5.41, 5.74) is 0.434. The van der Waals surface area contributed by atoms with Crippen molar-refractivity contribution in [3.8, 4) is 6.07 Å². The van der Waals surface area contributed by atoms with Gasteiger partial charge in [-0.05, 0) is 24.3 Å². The summed E-state index contributed by atoms with van der Waals surface area (Å²) >= 11 is 3.27. The van der Waals surface area contributed by atoms with E-state index in [1.807, 2.05) is 0 Å². The standard InChI is InChI=1S/C13H12BrN3O3/c14-10-1-3-11(4-2-10)17-13(20)9(7-15)8-16-6-5-12(18)19/h1-4,8,16H,5-6H2,(H,17,20)(H,18,19)/b9-8-. The fraction of sp³-hybridized carbons (Fsp3) is 0.154. The molecule has 20 heavy (non-hydrogen) atoms. The third kappa shape index (κ3) is 5.54. The number of nitrogens with zero attached hydrogens (tertiary/aromatic N) is 1. The Hall–Kier alpha value is -2.33. The molecule has 0 unspecified atom stereocenters. The molecular formula is C13H12BrN3O3. The Labute approximate surface area is 124 Å². The third-order valence-electron chi connectivity index (χ3n) is 2.20. The van der Waals surface area contributed by atoms with Gasteiger partial charge in [0.1, 0.15) is 11.6 Å². The van der Waals surface area contributed by atoms with Crippen LogP contribution in [0.15, 0.2) is 40.5 Å². The quantitative estimate of drug-likeness (QED) is 0.417. The Morgan fingerprint density at radius 1 is 1.35 bits per heavy atom. The van der Waals surface area contributed by atoms with Gasteiger partial charge in [0, 0.05) is 22.9 Å². The van der Waals surface area contributed by atoms with Crippen molar-refractivity contribution < 1.29 is 14.7 Å². The van der Waals surface area contributed by atoms with E-state index in [0.29, 0.717) is 5.69 Å². The fourth-order valence-electron chi connectivity index (χ4n) is 1.23. The molecule has 0 spiro atoms. The van der Waals surface area contributed by atoms with Crippen molar-refractivity contribution in [3.63, 3.8) is 0 Å². The zero-order valence-corrected chi connectivity index (χ0v) is 12.0. The minimum absolute atomic E-state index is 0.0937. The van der Waals surface area contributed by atoms with E-state index in [1.54, 1.807) is 30.3 Å². The average molecular weight is 338 g/mol. The van der Waals surface area contributed by atoms with E-state index in [4.69, 9.17) is 10.4 Å². The van der Waals surface area contributed by atoms with Crippen LogP contribution in [0.4, 0.5) is 5.69 Å². The predicted molar refractivity (Wildman–Crippen MR) is 76.7 cm³/mol. The van der Waals surface area contributed by atoms with Gasteiger partial charge in [-0.1, -0.05) is 15.9 Å². The number of nitrogens with one attached hydrogen (secondary N) is 2. The molecule has 0 heterocycles. The maximum atomic E-state index is 11.8. The van der Waals surface area contributed by atoms with Crippen LogP contribution in [0, 0.1) is 11.3 Å². The van der Waals surface area contributed by atoms with Gasteiger partial charge < -0.3 is 15.7 Å². The van der Waals surface area contributed by atoms with Crippen LogP contribution in [0.3, 0.4) is 0 Å². The van der Waals surface area contributed by atoms with Gasteiger partial charge in [0.25, 0.3) is 5.91 Å². The second kappa shape index (κ2) is 7.96. The first-order valence-electron chi connectivity index (χ1n) is 5.65. The summed E-state index contributed by atoms with van der Waals surface area (Å²) < 4.78 is 0.877. The lowest BCUT2D eigenvalue weighted by molar-refractivity contribution is -0.136. The van der Waals surface area contributed by atoms with Gasteiger partial charge in [0.15, 0.2) is 0 Å². The number of hydrogen-bond donors (Lipinski definition) is 3. The van der Waals surface area contributed by atoms with E-state index in [2.05, 4.69) is 26.6 Å². The molecule has 0 aliphatic carbocycles. The van der Waals surface area contributed by atoms with Crippen molar-refractivity contribution in [2.24, 2.45) is 0 Å². The van der Waals surface area contributed by atoms with E-state index >= 15 is 0 Å². The summed E-state index contributed by atoms with van der Waals surface area (Å²) in [5, 5.41) is 22.5. The molecule has 104 valence electrons. The molecule has 0 fully saturated rings. The smallest absolute Gasteiger partial charge is 0.305 e.